The van der Waals surface area contributed by atoms with Gasteiger partial charge in [0.15, 0.2) is 0 Å². The van der Waals surface area contributed by atoms with Gasteiger partial charge >= 0.3 is 0 Å². The molecule has 7 heteroatoms. The number of hydrogen-bond donors (Lipinski definition) is 2. The Hall–Kier alpha value is -2.70. The topological polar surface area (TPSA) is 97.7 Å². The van der Waals surface area contributed by atoms with E-state index in [1.807, 2.05) is 26.0 Å². The van der Waals surface area contributed by atoms with Gasteiger partial charge in [0.2, 0.25) is 5.91 Å². The summed E-state index contributed by atoms with van der Waals surface area (Å²) in [5.74, 6) is 1.09. The van der Waals surface area contributed by atoms with Crippen molar-refractivity contribution in [2.45, 2.75) is 39.2 Å². The highest BCUT2D eigenvalue weighted by Crippen LogP contribution is 2.41. The highest BCUT2D eigenvalue weighted by Gasteiger charge is 2.29. The van der Waals surface area contributed by atoms with Crippen LogP contribution in [0.2, 0.25) is 0 Å². The first kappa shape index (κ1) is 17.7. The number of amides is 2. The van der Waals surface area contributed by atoms with E-state index in [9.17, 15) is 9.59 Å². The fourth-order valence-electron chi connectivity index (χ4n) is 4.06. The van der Waals surface area contributed by atoms with Crippen LogP contribution in [0.3, 0.4) is 0 Å². The smallest absolute Gasteiger partial charge is 0.270 e. The molecule has 0 aliphatic carbocycles. The Morgan fingerprint density at radius 2 is 2.07 bits per heavy atom. The molecule has 27 heavy (non-hydrogen) atoms. The Balaban J connectivity index is 1.65. The molecule has 0 saturated carbocycles. The molecule has 1 saturated heterocycles. The van der Waals surface area contributed by atoms with E-state index < -0.39 is 0 Å². The molecule has 3 N–H and O–H groups in total. The number of carbonyl (C=O) groups is 2. The summed E-state index contributed by atoms with van der Waals surface area (Å²) < 4.78 is 11.8. The van der Waals surface area contributed by atoms with Crippen molar-refractivity contribution in [2.24, 2.45) is 11.7 Å². The number of nitrogens with zero attached hydrogens (tertiary/aromatic N) is 1. The number of benzene rings is 1. The van der Waals surface area contributed by atoms with E-state index in [-0.39, 0.29) is 23.8 Å². The lowest BCUT2D eigenvalue weighted by molar-refractivity contribution is -0.123. The Labute approximate surface area is 157 Å². The third-order valence-electron chi connectivity index (χ3n) is 5.45. The van der Waals surface area contributed by atoms with E-state index in [0.29, 0.717) is 38.2 Å². The summed E-state index contributed by atoms with van der Waals surface area (Å²) in [4.78, 5) is 29.3. The fourth-order valence-corrected chi connectivity index (χ4v) is 4.06. The predicted molar refractivity (Wildman–Crippen MR) is 101 cm³/mol. The second-order valence-electron chi connectivity index (χ2n) is 7.37. The maximum atomic E-state index is 13.0. The van der Waals surface area contributed by atoms with Gasteiger partial charge in [-0.2, -0.15) is 0 Å². The molecule has 0 spiro atoms. The molecule has 2 amide bonds. The number of nitrogens with two attached hydrogens (primary N) is 1. The normalized spacial score (nSPS) is 19.8. The maximum Gasteiger partial charge on any atom is 0.270 e. The minimum absolute atomic E-state index is 0.0728. The van der Waals surface area contributed by atoms with Crippen LogP contribution >= 0.6 is 0 Å². The van der Waals surface area contributed by atoms with Gasteiger partial charge in [-0.25, -0.2) is 0 Å². The maximum absolute atomic E-state index is 13.0. The predicted octanol–water partition coefficient (Wildman–Crippen LogP) is 2.23. The summed E-state index contributed by atoms with van der Waals surface area (Å²) in [6.45, 7) is 5.60. The van der Waals surface area contributed by atoms with Crippen molar-refractivity contribution < 1.29 is 19.1 Å². The number of primary amides is 1. The zero-order chi connectivity index (χ0) is 19.1. The molecule has 3 heterocycles. The monoisotopic (exact) mass is 371 g/mol. The number of rotatable bonds is 4. The Bertz CT molecular complexity index is 896. The molecular formula is C20H25N3O4. The number of fused-ring (bicyclic) bond motifs is 3. The van der Waals surface area contributed by atoms with Gasteiger partial charge in [0.05, 0.1) is 12.1 Å². The van der Waals surface area contributed by atoms with Crippen molar-refractivity contribution in [1.82, 2.24) is 9.88 Å². The number of H-pyrrole nitrogens is 1. The summed E-state index contributed by atoms with van der Waals surface area (Å²) >= 11 is 0. The standard InChI is InChI=1S/C20H25N3O4/c1-3-26-16-9-13-8-11(2)27-18(13)17-14(16)10-15(22-17)20(25)23-6-4-12(5-7-23)19(21)24/h9-12,22H,3-8H2,1-2H3,(H2,21,24)/t11-/m0/s1. The average molecular weight is 371 g/mol. The lowest BCUT2D eigenvalue weighted by atomic mass is 9.96. The first-order chi connectivity index (χ1) is 13.0. The number of likely N-dealkylation sites (tertiary alicyclic amines) is 1. The third-order valence-corrected chi connectivity index (χ3v) is 5.45. The number of hydrogen-bond acceptors (Lipinski definition) is 4. The van der Waals surface area contributed by atoms with Crippen LogP contribution in [0.25, 0.3) is 10.9 Å². The zero-order valence-corrected chi connectivity index (χ0v) is 15.7. The van der Waals surface area contributed by atoms with Crippen LogP contribution in [-0.4, -0.2) is 47.5 Å². The van der Waals surface area contributed by atoms with E-state index in [1.54, 1.807) is 4.90 Å². The van der Waals surface area contributed by atoms with Crippen molar-refractivity contribution in [2.75, 3.05) is 19.7 Å². The van der Waals surface area contributed by atoms with Gasteiger partial charge in [0.25, 0.3) is 5.91 Å². The highest BCUT2D eigenvalue weighted by molar-refractivity contribution is 6.02. The summed E-state index contributed by atoms with van der Waals surface area (Å²) in [6.07, 6.45) is 2.16. The summed E-state index contributed by atoms with van der Waals surface area (Å²) in [5, 5.41) is 0.861. The minimum atomic E-state index is -0.282. The van der Waals surface area contributed by atoms with Gasteiger partial charge in [-0.05, 0) is 38.8 Å². The van der Waals surface area contributed by atoms with E-state index >= 15 is 0 Å². The van der Waals surface area contributed by atoms with Gasteiger partial charge in [0.1, 0.15) is 23.3 Å². The Morgan fingerprint density at radius 3 is 2.74 bits per heavy atom. The molecule has 144 valence electrons. The number of carbonyl (C=O) groups excluding carboxylic acids is 2. The van der Waals surface area contributed by atoms with Crippen molar-refractivity contribution in [3.63, 3.8) is 0 Å². The van der Waals surface area contributed by atoms with Crippen molar-refractivity contribution >= 4 is 22.7 Å². The van der Waals surface area contributed by atoms with Crippen molar-refractivity contribution in [1.29, 1.82) is 0 Å². The molecule has 2 aromatic rings. The average Bonchev–Trinajstić information content (AvgIpc) is 3.24. The largest absolute Gasteiger partial charge is 0.493 e. The Morgan fingerprint density at radius 1 is 1.33 bits per heavy atom. The molecule has 0 bridgehead atoms. The molecule has 1 fully saturated rings. The third kappa shape index (κ3) is 3.11. The van der Waals surface area contributed by atoms with Gasteiger partial charge in [-0.15, -0.1) is 0 Å². The van der Waals surface area contributed by atoms with Crippen LogP contribution in [0.4, 0.5) is 0 Å². The Kier molecular flexibility index (Phi) is 4.45. The van der Waals surface area contributed by atoms with Gasteiger partial charge in [-0.1, -0.05) is 0 Å². The summed E-state index contributed by atoms with van der Waals surface area (Å²) in [5.41, 5.74) is 7.81. The molecule has 1 aromatic heterocycles. The lowest BCUT2D eigenvalue weighted by Gasteiger charge is -2.30. The van der Waals surface area contributed by atoms with Crippen LogP contribution in [0.5, 0.6) is 11.5 Å². The number of aromatic nitrogens is 1. The van der Waals surface area contributed by atoms with E-state index in [1.165, 1.54) is 0 Å². The molecule has 7 nitrogen and oxygen atoms in total. The molecule has 0 unspecified atom stereocenters. The highest BCUT2D eigenvalue weighted by atomic mass is 16.5. The van der Waals surface area contributed by atoms with Crippen molar-refractivity contribution in [3.05, 3.63) is 23.4 Å². The zero-order valence-electron chi connectivity index (χ0n) is 15.7. The van der Waals surface area contributed by atoms with Gasteiger partial charge < -0.3 is 25.1 Å². The molecule has 4 rings (SSSR count). The van der Waals surface area contributed by atoms with E-state index in [4.69, 9.17) is 15.2 Å². The van der Waals surface area contributed by atoms with Crippen molar-refractivity contribution in [3.8, 4) is 11.5 Å². The molecule has 2 aliphatic rings. The lowest BCUT2D eigenvalue weighted by Crippen LogP contribution is -2.41. The van der Waals surface area contributed by atoms with E-state index in [2.05, 4.69) is 4.98 Å². The molecular weight excluding hydrogens is 346 g/mol. The minimum Gasteiger partial charge on any atom is -0.493 e. The summed E-state index contributed by atoms with van der Waals surface area (Å²) in [6, 6.07) is 3.86. The SMILES string of the molecule is CCOc1cc2c(c3[nH]c(C(=O)N4CCC(C(N)=O)CC4)cc13)O[C@@H](C)C2. The summed E-state index contributed by atoms with van der Waals surface area (Å²) in [7, 11) is 0. The van der Waals surface area contributed by atoms with Crippen LogP contribution in [0.15, 0.2) is 12.1 Å². The second kappa shape index (κ2) is 6.79. The van der Waals surface area contributed by atoms with Gasteiger partial charge in [-0.3, -0.25) is 9.59 Å². The second-order valence-corrected chi connectivity index (χ2v) is 7.37. The van der Waals surface area contributed by atoms with E-state index in [0.717, 1.165) is 34.4 Å². The van der Waals surface area contributed by atoms with Gasteiger partial charge in [0, 0.05) is 36.4 Å². The quantitative estimate of drug-likeness (QED) is 0.861. The molecule has 2 aliphatic heterocycles. The van der Waals surface area contributed by atoms with Crippen LogP contribution in [-0.2, 0) is 11.2 Å². The van der Waals surface area contributed by atoms with Crippen LogP contribution < -0.4 is 15.2 Å². The molecule has 1 aromatic carbocycles. The number of nitrogens with one attached hydrogen (secondary N) is 1. The number of piperidine rings is 1. The fraction of sp³-hybridized carbons (Fsp3) is 0.500. The van der Waals surface area contributed by atoms with Crippen LogP contribution in [0.1, 0.15) is 42.7 Å². The molecule has 0 radical (unpaired) electrons. The van der Waals surface area contributed by atoms with Crippen LogP contribution in [0, 0.1) is 5.92 Å². The molecule has 1 atom stereocenters. The first-order valence-electron chi connectivity index (χ1n) is 9.54. The number of ether oxygens (including phenoxy) is 2. The first-order valence-corrected chi connectivity index (χ1v) is 9.54. The number of aromatic amines is 1.